The van der Waals surface area contributed by atoms with Crippen LogP contribution in [0.5, 0.6) is 0 Å². The van der Waals surface area contributed by atoms with E-state index in [4.69, 9.17) is 10.5 Å². The second-order valence-electron chi connectivity index (χ2n) is 10.1. The molecule has 0 aliphatic heterocycles. The SMILES string of the molecule is CC(C)CC(NC(=O)[C@@H](N)CCc1ccccc1)C(=O)N[C@@H](Cc1ccccc1)C(=O)OC(=O)c1ccccc1. The second-order valence-corrected chi connectivity index (χ2v) is 10.1. The lowest BCUT2D eigenvalue weighted by Gasteiger charge is -2.25. The molecule has 0 spiro atoms. The molecule has 0 bridgehead atoms. The number of amides is 2. The fourth-order valence-electron chi connectivity index (χ4n) is 4.19. The summed E-state index contributed by atoms with van der Waals surface area (Å²) in [6, 6.07) is 24.0. The molecule has 4 N–H and O–H groups in total. The molecule has 40 heavy (non-hydrogen) atoms. The normalized spacial score (nSPS) is 13.1. The Balaban J connectivity index is 1.70. The van der Waals surface area contributed by atoms with Crippen LogP contribution in [0.15, 0.2) is 91.0 Å². The van der Waals surface area contributed by atoms with Gasteiger partial charge in [0.2, 0.25) is 11.8 Å². The van der Waals surface area contributed by atoms with Gasteiger partial charge in [-0.15, -0.1) is 0 Å². The molecule has 210 valence electrons. The van der Waals surface area contributed by atoms with Gasteiger partial charge in [0.1, 0.15) is 12.1 Å². The summed E-state index contributed by atoms with van der Waals surface area (Å²) in [6.07, 6.45) is 1.47. The van der Waals surface area contributed by atoms with Gasteiger partial charge < -0.3 is 21.1 Å². The number of carbonyl (C=O) groups excluding carboxylic acids is 4. The highest BCUT2D eigenvalue weighted by Crippen LogP contribution is 2.11. The van der Waals surface area contributed by atoms with Crippen LogP contribution in [0.2, 0.25) is 0 Å². The molecule has 0 saturated heterocycles. The van der Waals surface area contributed by atoms with Crippen molar-refractivity contribution in [2.45, 2.75) is 57.7 Å². The first kappa shape index (κ1) is 30.2. The lowest BCUT2D eigenvalue weighted by molar-refractivity contribution is -0.143. The molecule has 3 rings (SSSR count). The molecular formula is C32H37N3O5. The average molecular weight is 544 g/mol. The van der Waals surface area contributed by atoms with E-state index in [2.05, 4.69) is 10.6 Å². The van der Waals surface area contributed by atoms with Crippen molar-refractivity contribution < 1.29 is 23.9 Å². The highest BCUT2D eigenvalue weighted by molar-refractivity contribution is 5.99. The Morgan fingerprint density at radius 3 is 1.82 bits per heavy atom. The quantitative estimate of drug-likeness (QED) is 0.223. The summed E-state index contributed by atoms with van der Waals surface area (Å²) in [6.45, 7) is 3.85. The van der Waals surface area contributed by atoms with Crippen LogP contribution in [-0.2, 0) is 32.0 Å². The van der Waals surface area contributed by atoms with Crippen molar-refractivity contribution in [3.63, 3.8) is 0 Å². The summed E-state index contributed by atoms with van der Waals surface area (Å²) in [5.41, 5.74) is 8.20. The van der Waals surface area contributed by atoms with Crippen LogP contribution in [-0.4, -0.2) is 41.9 Å². The van der Waals surface area contributed by atoms with E-state index in [1.807, 2.05) is 74.5 Å². The minimum absolute atomic E-state index is 0.0655. The van der Waals surface area contributed by atoms with E-state index in [9.17, 15) is 19.2 Å². The third kappa shape index (κ3) is 9.78. The summed E-state index contributed by atoms with van der Waals surface area (Å²) < 4.78 is 5.13. The number of hydrogen-bond donors (Lipinski definition) is 3. The van der Waals surface area contributed by atoms with Gasteiger partial charge in [-0.1, -0.05) is 92.7 Å². The number of carbonyl (C=O) groups is 4. The molecule has 8 heteroatoms. The van der Waals surface area contributed by atoms with Crippen molar-refractivity contribution in [3.05, 3.63) is 108 Å². The van der Waals surface area contributed by atoms with Crippen molar-refractivity contribution >= 4 is 23.8 Å². The minimum atomic E-state index is -1.15. The Labute approximate surface area is 235 Å². The van der Waals surface area contributed by atoms with Gasteiger partial charge in [-0.25, -0.2) is 9.59 Å². The van der Waals surface area contributed by atoms with E-state index < -0.39 is 41.9 Å². The molecule has 0 heterocycles. The summed E-state index contributed by atoms with van der Waals surface area (Å²) in [5, 5.41) is 5.47. The monoisotopic (exact) mass is 543 g/mol. The van der Waals surface area contributed by atoms with Crippen molar-refractivity contribution in [1.29, 1.82) is 0 Å². The molecule has 0 aliphatic carbocycles. The maximum Gasteiger partial charge on any atom is 0.345 e. The van der Waals surface area contributed by atoms with Crippen LogP contribution in [0.3, 0.4) is 0 Å². The van der Waals surface area contributed by atoms with Crippen molar-refractivity contribution in [2.24, 2.45) is 11.7 Å². The number of rotatable bonds is 13. The number of hydrogen-bond acceptors (Lipinski definition) is 6. The first-order chi connectivity index (χ1) is 19.2. The number of nitrogens with two attached hydrogens (primary N) is 1. The lowest BCUT2D eigenvalue weighted by atomic mass is 10.00. The van der Waals surface area contributed by atoms with Crippen molar-refractivity contribution in [1.82, 2.24) is 10.6 Å². The fraction of sp³-hybridized carbons (Fsp3) is 0.312. The molecule has 3 aromatic rings. The maximum atomic E-state index is 13.4. The molecule has 2 amide bonds. The topological polar surface area (TPSA) is 128 Å². The van der Waals surface area contributed by atoms with Gasteiger partial charge in [0.25, 0.3) is 0 Å². The second kappa shape index (κ2) is 15.3. The van der Waals surface area contributed by atoms with Gasteiger partial charge in [-0.2, -0.15) is 0 Å². The molecule has 0 radical (unpaired) electrons. The van der Waals surface area contributed by atoms with Gasteiger partial charge in [0, 0.05) is 6.42 Å². The Morgan fingerprint density at radius 1 is 0.725 bits per heavy atom. The number of ether oxygens (including phenoxy) is 1. The van der Waals surface area contributed by atoms with E-state index >= 15 is 0 Å². The van der Waals surface area contributed by atoms with Crippen molar-refractivity contribution in [2.75, 3.05) is 0 Å². The summed E-state index contributed by atoms with van der Waals surface area (Å²) >= 11 is 0. The van der Waals surface area contributed by atoms with Crippen LogP contribution < -0.4 is 16.4 Å². The van der Waals surface area contributed by atoms with Crippen LogP contribution in [0, 0.1) is 5.92 Å². The van der Waals surface area contributed by atoms with E-state index in [-0.39, 0.29) is 17.9 Å². The van der Waals surface area contributed by atoms with E-state index in [0.717, 1.165) is 11.1 Å². The van der Waals surface area contributed by atoms with Gasteiger partial charge >= 0.3 is 11.9 Å². The number of aryl methyl sites for hydroxylation is 1. The molecule has 3 aromatic carbocycles. The number of nitrogens with one attached hydrogen (secondary N) is 2. The van der Waals surface area contributed by atoms with Crippen LogP contribution in [0.1, 0.15) is 48.2 Å². The minimum Gasteiger partial charge on any atom is -0.388 e. The molecule has 0 aromatic heterocycles. The summed E-state index contributed by atoms with van der Waals surface area (Å²) in [4.78, 5) is 52.0. The summed E-state index contributed by atoms with van der Waals surface area (Å²) in [5.74, 6) is -2.63. The Morgan fingerprint density at radius 2 is 1.25 bits per heavy atom. The first-order valence-electron chi connectivity index (χ1n) is 13.5. The van der Waals surface area contributed by atoms with Gasteiger partial charge in [-0.3, -0.25) is 9.59 Å². The fourth-order valence-corrected chi connectivity index (χ4v) is 4.19. The predicted molar refractivity (Wildman–Crippen MR) is 153 cm³/mol. The van der Waals surface area contributed by atoms with Crippen LogP contribution in [0.4, 0.5) is 0 Å². The van der Waals surface area contributed by atoms with Crippen LogP contribution in [0.25, 0.3) is 0 Å². The smallest absolute Gasteiger partial charge is 0.345 e. The maximum absolute atomic E-state index is 13.4. The zero-order valence-electron chi connectivity index (χ0n) is 22.9. The Kier molecular flexibility index (Phi) is 11.6. The lowest BCUT2D eigenvalue weighted by Crippen LogP contribution is -2.55. The molecule has 8 nitrogen and oxygen atoms in total. The highest BCUT2D eigenvalue weighted by Gasteiger charge is 2.30. The predicted octanol–water partition coefficient (Wildman–Crippen LogP) is 3.59. The van der Waals surface area contributed by atoms with E-state index in [0.29, 0.717) is 19.3 Å². The Hall–Kier alpha value is -4.30. The van der Waals surface area contributed by atoms with Crippen LogP contribution >= 0.6 is 0 Å². The molecular weight excluding hydrogens is 506 g/mol. The third-order valence-electron chi connectivity index (χ3n) is 6.35. The Bertz CT molecular complexity index is 1250. The average Bonchev–Trinajstić information content (AvgIpc) is 2.96. The third-order valence-corrected chi connectivity index (χ3v) is 6.35. The zero-order chi connectivity index (χ0) is 28.9. The molecule has 0 saturated carbocycles. The van der Waals surface area contributed by atoms with Gasteiger partial charge in [-0.05, 0) is 48.4 Å². The van der Waals surface area contributed by atoms with Gasteiger partial charge in [0.05, 0.1) is 11.6 Å². The first-order valence-corrected chi connectivity index (χ1v) is 13.5. The largest absolute Gasteiger partial charge is 0.388 e. The zero-order valence-corrected chi connectivity index (χ0v) is 22.9. The number of benzene rings is 3. The van der Waals surface area contributed by atoms with Gasteiger partial charge in [0.15, 0.2) is 0 Å². The van der Waals surface area contributed by atoms with Crippen molar-refractivity contribution in [3.8, 4) is 0 Å². The van der Waals surface area contributed by atoms with E-state index in [1.165, 1.54) is 12.1 Å². The summed E-state index contributed by atoms with van der Waals surface area (Å²) in [7, 11) is 0. The molecule has 1 unspecified atom stereocenters. The standard InChI is InChI=1S/C32H37N3O5/c1-22(2)20-27(34-29(36)26(33)19-18-23-12-6-3-7-13-23)30(37)35-28(21-24-14-8-4-9-15-24)32(39)40-31(38)25-16-10-5-11-17-25/h3-17,22,26-28H,18-21,33H2,1-2H3,(H,34,36)(H,35,37)/t26-,27?,28-/m0/s1. The van der Waals surface area contributed by atoms with E-state index in [1.54, 1.807) is 18.2 Å². The molecule has 0 fully saturated rings. The highest BCUT2D eigenvalue weighted by atomic mass is 16.6. The molecule has 3 atom stereocenters. The number of esters is 2. The molecule has 0 aliphatic rings.